The fourth-order valence-electron chi connectivity index (χ4n) is 2.59. The average Bonchev–Trinajstić information content (AvgIpc) is 2.66. The molecule has 0 bridgehead atoms. The molecule has 3 rings (SSSR count). The molecule has 0 spiro atoms. The van der Waals surface area contributed by atoms with Crippen molar-refractivity contribution in [2.24, 2.45) is 0 Å². The summed E-state index contributed by atoms with van der Waals surface area (Å²) in [5.41, 5.74) is 3.04. The first-order chi connectivity index (χ1) is 12.7. The zero-order valence-corrected chi connectivity index (χ0v) is 16.7. The van der Waals surface area contributed by atoms with Crippen LogP contribution in [0.25, 0.3) is 0 Å². The van der Waals surface area contributed by atoms with Gasteiger partial charge in [0.25, 0.3) is 0 Å². The maximum absolute atomic E-state index is 6.12. The Morgan fingerprint density at radius 2 is 1.81 bits per heavy atom. The molecule has 5 heteroatoms. The van der Waals surface area contributed by atoms with Crippen LogP contribution in [0.5, 0.6) is 11.5 Å². The molecule has 1 N–H and O–H groups in total. The van der Waals surface area contributed by atoms with Crippen molar-refractivity contribution in [3.63, 3.8) is 0 Å². The molecule has 26 heavy (non-hydrogen) atoms. The molecule has 0 aromatic heterocycles. The predicted molar refractivity (Wildman–Crippen MR) is 110 cm³/mol. The predicted octanol–water partition coefficient (Wildman–Crippen LogP) is 6.30. The number of nitrogens with one attached hydrogen (secondary N) is 1. The molecule has 3 aromatic rings. The fourth-order valence-corrected chi connectivity index (χ4v) is 3.26. The number of hydrogen-bond donors (Lipinski definition) is 1. The largest absolute Gasteiger partial charge is 0.493 e. The third kappa shape index (κ3) is 4.71. The Kier molecular flexibility index (Phi) is 6.42. The van der Waals surface area contributed by atoms with Crippen molar-refractivity contribution in [3.8, 4) is 11.5 Å². The normalized spacial score (nSPS) is 10.4. The Morgan fingerprint density at radius 3 is 2.54 bits per heavy atom. The molecule has 3 nitrogen and oxygen atoms in total. The maximum Gasteiger partial charge on any atom is 0.167 e. The standard InChI is InChI=1S/C21H19BrClNO2/c1-25-20-11-10-19(22)18(13-24-17-8-3-2-4-9-17)21(20)26-14-15-6-5-7-16(23)12-15/h2-12,24H,13-14H2,1H3. The molecule has 0 aliphatic rings. The van der Waals surface area contributed by atoms with Gasteiger partial charge in [0.15, 0.2) is 11.5 Å². The van der Waals surface area contributed by atoms with Gasteiger partial charge in [0.1, 0.15) is 6.61 Å². The van der Waals surface area contributed by atoms with E-state index >= 15 is 0 Å². The van der Waals surface area contributed by atoms with Gasteiger partial charge in [-0.1, -0.05) is 57.9 Å². The molecule has 0 fully saturated rings. The van der Waals surface area contributed by atoms with E-state index in [9.17, 15) is 0 Å². The number of hydrogen-bond acceptors (Lipinski definition) is 3. The summed E-state index contributed by atoms with van der Waals surface area (Å²) in [5.74, 6) is 1.41. The molecule has 0 heterocycles. The summed E-state index contributed by atoms with van der Waals surface area (Å²) in [7, 11) is 1.64. The van der Waals surface area contributed by atoms with E-state index < -0.39 is 0 Å². The van der Waals surface area contributed by atoms with E-state index in [1.54, 1.807) is 7.11 Å². The highest BCUT2D eigenvalue weighted by Gasteiger charge is 2.15. The maximum atomic E-state index is 6.12. The summed E-state index contributed by atoms with van der Waals surface area (Å²) < 4.78 is 12.6. The number of rotatable bonds is 7. The second kappa shape index (κ2) is 8.97. The van der Waals surface area contributed by atoms with E-state index in [1.807, 2.05) is 66.7 Å². The van der Waals surface area contributed by atoms with Crippen LogP contribution in [-0.4, -0.2) is 7.11 Å². The van der Waals surface area contributed by atoms with Crippen LogP contribution in [0.4, 0.5) is 5.69 Å². The Bertz CT molecular complexity index is 871. The van der Waals surface area contributed by atoms with Gasteiger partial charge >= 0.3 is 0 Å². The number of para-hydroxylation sites is 1. The van der Waals surface area contributed by atoms with Gasteiger partial charge in [-0.15, -0.1) is 0 Å². The van der Waals surface area contributed by atoms with Crippen molar-refractivity contribution in [3.05, 3.63) is 87.4 Å². The quantitative estimate of drug-likeness (QED) is 0.475. The summed E-state index contributed by atoms with van der Waals surface area (Å²) in [5, 5.41) is 4.11. The summed E-state index contributed by atoms with van der Waals surface area (Å²) in [6.07, 6.45) is 0. The number of anilines is 1. The second-order valence-corrected chi connectivity index (χ2v) is 6.99. The van der Waals surface area contributed by atoms with E-state index in [4.69, 9.17) is 21.1 Å². The highest BCUT2D eigenvalue weighted by Crippen LogP contribution is 2.37. The minimum Gasteiger partial charge on any atom is -0.493 e. The second-order valence-electron chi connectivity index (χ2n) is 5.70. The smallest absolute Gasteiger partial charge is 0.167 e. The first-order valence-electron chi connectivity index (χ1n) is 8.19. The van der Waals surface area contributed by atoms with Gasteiger partial charge < -0.3 is 14.8 Å². The third-order valence-electron chi connectivity index (χ3n) is 3.90. The summed E-state index contributed by atoms with van der Waals surface area (Å²) in [4.78, 5) is 0. The van der Waals surface area contributed by atoms with Crippen molar-refractivity contribution in [1.29, 1.82) is 0 Å². The Hall–Kier alpha value is -2.17. The Labute approximate surface area is 167 Å². The van der Waals surface area contributed by atoms with E-state index in [0.29, 0.717) is 29.7 Å². The lowest BCUT2D eigenvalue weighted by atomic mass is 10.1. The zero-order chi connectivity index (χ0) is 18.4. The minimum absolute atomic E-state index is 0.408. The molecule has 0 amide bonds. The van der Waals surface area contributed by atoms with Gasteiger partial charge in [-0.2, -0.15) is 0 Å². The number of ether oxygens (including phenoxy) is 2. The van der Waals surface area contributed by atoms with Gasteiger partial charge in [0.2, 0.25) is 0 Å². The van der Waals surface area contributed by atoms with Crippen LogP contribution in [0.15, 0.2) is 71.2 Å². The minimum atomic E-state index is 0.408. The van der Waals surface area contributed by atoms with Crippen LogP contribution in [0.3, 0.4) is 0 Å². The molecule has 0 atom stereocenters. The molecule has 0 aliphatic heterocycles. The lowest BCUT2D eigenvalue weighted by Gasteiger charge is -2.17. The molecule has 134 valence electrons. The Morgan fingerprint density at radius 1 is 1.00 bits per heavy atom. The van der Waals surface area contributed by atoms with Crippen molar-refractivity contribution in [1.82, 2.24) is 0 Å². The molecule has 0 unspecified atom stereocenters. The van der Waals surface area contributed by atoms with Crippen LogP contribution in [-0.2, 0) is 13.2 Å². The number of benzene rings is 3. The topological polar surface area (TPSA) is 30.5 Å². The van der Waals surface area contributed by atoms with Crippen LogP contribution in [0, 0.1) is 0 Å². The third-order valence-corrected chi connectivity index (χ3v) is 4.88. The highest BCUT2D eigenvalue weighted by atomic mass is 79.9. The first kappa shape index (κ1) is 18.6. The lowest BCUT2D eigenvalue weighted by Crippen LogP contribution is -2.06. The summed E-state index contributed by atoms with van der Waals surface area (Å²) in [6.45, 7) is 1.01. The Balaban J connectivity index is 1.83. The average molecular weight is 433 g/mol. The summed E-state index contributed by atoms with van der Waals surface area (Å²) in [6, 6.07) is 21.5. The van der Waals surface area contributed by atoms with Gasteiger partial charge in [-0.25, -0.2) is 0 Å². The monoisotopic (exact) mass is 431 g/mol. The van der Waals surface area contributed by atoms with Crippen molar-refractivity contribution < 1.29 is 9.47 Å². The van der Waals surface area contributed by atoms with Crippen molar-refractivity contribution in [2.45, 2.75) is 13.2 Å². The number of methoxy groups -OCH3 is 1. The number of halogens is 2. The van der Waals surface area contributed by atoms with Crippen LogP contribution in [0.2, 0.25) is 5.02 Å². The SMILES string of the molecule is COc1ccc(Br)c(CNc2ccccc2)c1OCc1cccc(Cl)c1. The van der Waals surface area contributed by atoms with Gasteiger partial charge in [0, 0.05) is 27.3 Å². The molecule has 0 saturated carbocycles. The van der Waals surface area contributed by atoms with Crippen LogP contribution < -0.4 is 14.8 Å². The van der Waals surface area contributed by atoms with E-state index in [0.717, 1.165) is 21.3 Å². The lowest BCUT2D eigenvalue weighted by molar-refractivity contribution is 0.281. The highest BCUT2D eigenvalue weighted by molar-refractivity contribution is 9.10. The molecule has 3 aromatic carbocycles. The van der Waals surface area contributed by atoms with Crippen molar-refractivity contribution in [2.75, 3.05) is 12.4 Å². The zero-order valence-electron chi connectivity index (χ0n) is 14.3. The summed E-state index contributed by atoms with van der Waals surface area (Å²) >= 11 is 9.69. The molecular weight excluding hydrogens is 414 g/mol. The fraction of sp³-hybridized carbons (Fsp3) is 0.143. The molecular formula is C21H19BrClNO2. The molecule has 0 radical (unpaired) electrons. The van der Waals surface area contributed by atoms with Gasteiger partial charge in [-0.3, -0.25) is 0 Å². The van der Waals surface area contributed by atoms with Gasteiger partial charge in [-0.05, 0) is 42.0 Å². The van der Waals surface area contributed by atoms with Gasteiger partial charge in [0.05, 0.1) is 7.11 Å². The van der Waals surface area contributed by atoms with E-state index in [2.05, 4.69) is 21.2 Å². The van der Waals surface area contributed by atoms with Crippen molar-refractivity contribution >= 4 is 33.2 Å². The molecule has 0 saturated heterocycles. The first-order valence-corrected chi connectivity index (χ1v) is 9.36. The molecule has 0 aliphatic carbocycles. The van der Waals surface area contributed by atoms with E-state index in [-0.39, 0.29) is 0 Å². The van der Waals surface area contributed by atoms with Crippen LogP contribution >= 0.6 is 27.5 Å². The van der Waals surface area contributed by atoms with E-state index in [1.165, 1.54) is 0 Å². The van der Waals surface area contributed by atoms with Crippen LogP contribution in [0.1, 0.15) is 11.1 Å².